The summed E-state index contributed by atoms with van der Waals surface area (Å²) in [5.74, 6) is -1.09. The topological polar surface area (TPSA) is 111 Å². The molecule has 0 saturated heterocycles. The zero-order valence-corrected chi connectivity index (χ0v) is 13.4. The van der Waals surface area contributed by atoms with Crippen molar-refractivity contribution in [3.63, 3.8) is 0 Å². The van der Waals surface area contributed by atoms with Crippen LogP contribution in [0.3, 0.4) is 0 Å². The van der Waals surface area contributed by atoms with E-state index in [0.29, 0.717) is 12.8 Å². The monoisotopic (exact) mass is 321 g/mol. The molecule has 7 nitrogen and oxygen atoms in total. The molecule has 0 radical (unpaired) electrons. The molecule has 0 aromatic heterocycles. The van der Waals surface area contributed by atoms with Crippen molar-refractivity contribution in [2.45, 2.75) is 45.4 Å². The highest BCUT2D eigenvalue weighted by Crippen LogP contribution is 2.01. The first-order chi connectivity index (χ1) is 10.9. The largest absolute Gasteiger partial charge is 0.445 e. The Labute approximate surface area is 135 Å². The number of hydrogen-bond acceptors (Lipinski definition) is 4. The van der Waals surface area contributed by atoms with E-state index in [1.807, 2.05) is 37.3 Å². The van der Waals surface area contributed by atoms with Crippen LogP contribution in [0.1, 0.15) is 32.3 Å². The Bertz CT molecular complexity index is 533. The fourth-order valence-corrected chi connectivity index (χ4v) is 1.88. The van der Waals surface area contributed by atoms with Crippen molar-refractivity contribution in [1.82, 2.24) is 10.6 Å². The molecule has 0 spiro atoms. The third-order valence-electron chi connectivity index (χ3n) is 3.18. The average Bonchev–Trinajstić information content (AvgIpc) is 2.53. The van der Waals surface area contributed by atoms with Crippen LogP contribution in [0.15, 0.2) is 30.3 Å². The quantitative estimate of drug-likeness (QED) is 0.665. The molecule has 0 aliphatic carbocycles. The molecule has 1 rings (SSSR count). The second kappa shape index (κ2) is 9.45. The molecule has 1 aromatic rings. The maximum Gasteiger partial charge on any atom is 0.408 e. The maximum absolute atomic E-state index is 12.0. The van der Waals surface area contributed by atoms with Gasteiger partial charge in [0.2, 0.25) is 11.8 Å². The summed E-state index contributed by atoms with van der Waals surface area (Å²) in [4.78, 5) is 34.8. The molecule has 7 heteroatoms. The van der Waals surface area contributed by atoms with E-state index in [-0.39, 0.29) is 6.61 Å². The van der Waals surface area contributed by atoms with Crippen LogP contribution in [0.25, 0.3) is 0 Å². The van der Waals surface area contributed by atoms with E-state index < -0.39 is 30.0 Å². The number of rotatable bonds is 8. The highest BCUT2D eigenvalue weighted by molar-refractivity contribution is 5.90. The van der Waals surface area contributed by atoms with Gasteiger partial charge in [0.05, 0.1) is 0 Å². The number of ether oxygens (including phenoxy) is 1. The van der Waals surface area contributed by atoms with Crippen molar-refractivity contribution >= 4 is 17.9 Å². The van der Waals surface area contributed by atoms with Gasteiger partial charge in [-0.3, -0.25) is 9.59 Å². The summed E-state index contributed by atoms with van der Waals surface area (Å²) < 4.78 is 5.03. The number of nitrogens with two attached hydrogens (primary N) is 1. The minimum absolute atomic E-state index is 0.112. The summed E-state index contributed by atoms with van der Waals surface area (Å²) in [7, 11) is 0. The first kappa shape index (κ1) is 18.5. The molecular formula is C16H23N3O4. The van der Waals surface area contributed by atoms with Gasteiger partial charge in [-0.25, -0.2) is 4.79 Å². The SMILES string of the molecule is CCC[C@@H](NC(=O)[C@@H](C)NC(=O)OCc1ccccc1)C(N)=O. The van der Waals surface area contributed by atoms with Crippen molar-refractivity contribution in [2.75, 3.05) is 0 Å². The molecule has 0 fully saturated rings. The third-order valence-corrected chi connectivity index (χ3v) is 3.18. The number of amides is 3. The third kappa shape index (κ3) is 6.82. The van der Waals surface area contributed by atoms with E-state index in [2.05, 4.69) is 10.6 Å². The van der Waals surface area contributed by atoms with Crippen molar-refractivity contribution < 1.29 is 19.1 Å². The minimum Gasteiger partial charge on any atom is -0.445 e. The second-order valence-electron chi connectivity index (χ2n) is 5.18. The van der Waals surface area contributed by atoms with E-state index in [9.17, 15) is 14.4 Å². The van der Waals surface area contributed by atoms with Gasteiger partial charge in [0.25, 0.3) is 0 Å². The lowest BCUT2D eigenvalue weighted by atomic mass is 10.1. The molecule has 0 aliphatic rings. The van der Waals surface area contributed by atoms with Crippen LogP contribution >= 0.6 is 0 Å². The molecule has 1 aromatic carbocycles. The van der Waals surface area contributed by atoms with E-state index in [1.54, 1.807) is 0 Å². The number of nitrogens with one attached hydrogen (secondary N) is 2. The van der Waals surface area contributed by atoms with Crippen LogP contribution in [0.5, 0.6) is 0 Å². The van der Waals surface area contributed by atoms with Gasteiger partial charge in [0, 0.05) is 0 Å². The summed E-state index contributed by atoms with van der Waals surface area (Å²) in [6.45, 7) is 3.49. The zero-order valence-electron chi connectivity index (χ0n) is 13.4. The number of alkyl carbamates (subject to hydrolysis) is 1. The Balaban J connectivity index is 2.41. The zero-order chi connectivity index (χ0) is 17.2. The van der Waals surface area contributed by atoms with Crippen LogP contribution in [-0.4, -0.2) is 30.0 Å². The summed E-state index contributed by atoms with van der Waals surface area (Å²) in [6, 6.07) is 7.61. The van der Waals surface area contributed by atoms with Gasteiger partial charge in [-0.1, -0.05) is 43.7 Å². The van der Waals surface area contributed by atoms with Crippen molar-refractivity contribution in [2.24, 2.45) is 5.73 Å². The number of benzene rings is 1. The molecule has 0 aliphatic heterocycles. The van der Waals surface area contributed by atoms with E-state index in [4.69, 9.17) is 10.5 Å². The average molecular weight is 321 g/mol. The summed E-state index contributed by atoms with van der Waals surface area (Å²) in [5.41, 5.74) is 6.06. The molecule has 0 heterocycles. The van der Waals surface area contributed by atoms with Crippen LogP contribution in [-0.2, 0) is 20.9 Å². The van der Waals surface area contributed by atoms with E-state index in [1.165, 1.54) is 6.92 Å². The Kier molecular flexibility index (Phi) is 7.59. The Hall–Kier alpha value is -2.57. The highest BCUT2D eigenvalue weighted by atomic mass is 16.5. The summed E-state index contributed by atoms with van der Waals surface area (Å²) in [5, 5.41) is 4.92. The number of carbonyl (C=O) groups is 3. The number of primary amides is 1. The minimum atomic E-state index is -0.836. The molecule has 3 amide bonds. The van der Waals surface area contributed by atoms with E-state index in [0.717, 1.165) is 5.56 Å². The number of carbonyl (C=O) groups excluding carboxylic acids is 3. The standard InChI is InChI=1S/C16H23N3O4/c1-3-7-13(14(17)20)19-15(21)11(2)18-16(22)23-10-12-8-5-4-6-9-12/h4-6,8-9,11,13H,3,7,10H2,1-2H3,(H2,17,20)(H,18,22)(H,19,21)/t11-,13-/m1/s1. The van der Waals surface area contributed by atoms with Crippen molar-refractivity contribution in [3.05, 3.63) is 35.9 Å². The normalized spacial score (nSPS) is 12.8. The van der Waals surface area contributed by atoms with Crippen LogP contribution in [0.2, 0.25) is 0 Å². The lowest BCUT2D eigenvalue weighted by Gasteiger charge is -2.18. The Morgan fingerprint density at radius 3 is 2.39 bits per heavy atom. The molecule has 23 heavy (non-hydrogen) atoms. The van der Waals surface area contributed by atoms with Gasteiger partial charge in [-0.15, -0.1) is 0 Å². The number of hydrogen-bond donors (Lipinski definition) is 3. The van der Waals surface area contributed by atoms with Gasteiger partial charge in [0.15, 0.2) is 0 Å². The maximum atomic E-state index is 12.0. The van der Waals surface area contributed by atoms with Crippen molar-refractivity contribution in [3.8, 4) is 0 Å². The molecule has 0 unspecified atom stereocenters. The van der Waals surface area contributed by atoms with Crippen LogP contribution < -0.4 is 16.4 Å². The van der Waals surface area contributed by atoms with Gasteiger partial charge < -0.3 is 21.1 Å². The smallest absolute Gasteiger partial charge is 0.408 e. The molecular weight excluding hydrogens is 298 g/mol. The fourth-order valence-electron chi connectivity index (χ4n) is 1.88. The van der Waals surface area contributed by atoms with Crippen LogP contribution in [0, 0.1) is 0 Å². The first-order valence-electron chi connectivity index (χ1n) is 7.51. The van der Waals surface area contributed by atoms with Gasteiger partial charge in [0.1, 0.15) is 18.7 Å². The second-order valence-corrected chi connectivity index (χ2v) is 5.18. The molecule has 2 atom stereocenters. The highest BCUT2D eigenvalue weighted by Gasteiger charge is 2.22. The Morgan fingerprint density at radius 2 is 1.83 bits per heavy atom. The van der Waals surface area contributed by atoms with Crippen molar-refractivity contribution in [1.29, 1.82) is 0 Å². The molecule has 126 valence electrons. The van der Waals surface area contributed by atoms with Gasteiger partial charge >= 0.3 is 6.09 Å². The molecule has 4 N–H and O–H groups in total. The Morgan fingerprint density at radius 1 is 1.17 bits per heavy atom. The van der Waals surface area contributed by atoms with E-state index >= 15 is 0 Å². The summed E-state index contributed by atoms with van der Waals surface area (Å²) in [6.07, 6.45) is 0.448. The molecule has 0 bridgehead atoms. The first-order valence-corrected chi connectivity index (χ1v) is 7.51. The lowest BCUT2D eigenvalue weighted by molar-refractivity contribution is -0.128. The predicted octanol–water partition coefficient (Wildman–Crippen LogP) is 1.07. The predicted molar refractivity (Wildman–Crippen MR) is 85.3 cm³/mol. The van der Waals surface area contributed by atoms with Gasteiger partial charge in [-0.2, -0.15) is 0 Å². The lowest BCUT2D eigenvalue weighted by Crippen LogP contribution is -2.51. The van der Waals surface area contributed by atoms with Gasteiger partial charge in [-0.05, 0) is 18.9 Å². The summed E-state index contributed by atoms with van der Waals surface area (Å²) >= 11 is 0. The molecule has 0 saturated carbocycles. The van der Waals surface area contributed by atoms with Crippen LogP contribution in [0.4, 0.5) is 4.79 Å². The fraction of sp³-hybridized carbons (Fsp3) is 0.438.